The van der Waals surface area contributed by atoms with E-state index < -0.39 is 47.4 Å². The summed E-state index contributed by atoms with van der Waals surface area (Å²) in [5.41, 5.74) is 9.80. The highest BCUT2D eigenvalue weighted by atomic mass is 16.6. The van der Waals surface area contributed by atoms with E-state index in [1.165, 1.54) is 17.0 Å². The number of cyclic esters (lactones) is 1. The first-order valence-corrected chi connectivity index (χ1v) is 21.3. The van der Waals surface area contributed by atoms with Crippen LogP contribution in [0.4, 0.5) is 4.79 Å². The number of rotatable bonds is 9. The summed E-state index contributed by atoms with van der Waals surface area (Å²) in [4.78, 5) is 61.6. The van der Waals surface area contributed by atoms with E-state index in [-0.39, 0.29) is 30.8 Å². The second-order valence-corrected chi connectivity index (χ2v) is 17.6. The summed E-state index contributed by atoms with van der Waals surface area (Å²) in [5, 5.41) is 19.7. The van der Waals surface area contributed by atoms with Crippen molar-refractivity contribution in [3.8, 4) is 28.1 Å². The molecule has 6 bridgehead atoms. The van der Waals surface area contributed by atoms with Gasteiger partial charge in [0.25, 0.3) is 5.91 Å². The highest BCUT2D eigenvalue weighted by Gasteiger charge is 2.38. The Labute approximate surface area is 357 Å². The molecule has 0 aliphatic carbocycles. The lowest BCUT2D eigenvalue weighted by atomic mass is 9.84. The highest BCUT2D eigenvalue weighted by molar-refractivity contribution is 5.96. The van der Waals surface area contributed by atoms with Gasteiger partial charge in [-0.2, -0.15) is 0 Å². The average Bonchev–Trinajstić information content (AvgIpc) is 3.51. The molecule has 15 heteroatoms. The monoisotopic (exact) mass is 837 g/mol. The number of esters is 1. The van der Waals surface area contributed by atoms with E-state index in [1.807, 2.05) is 38.2 Å². The van der Waals surface area contributed by atoms with Gasteiger partial charge in [-0.05, 0) is 90.3 Å². The number of hydrogen-bond acceptors (Lipinski definition) is 11. The van der Waals surface area contributed by atoms with Gasteiger partial charge in [-0.15, -0.1) is 0 Å². The predicted molar refractivity (Wildman–Crippen MR) is 230 cm³/mol. The van der Waals surface area contributed by atoms with Crippen molar-refractivity contribution in [1.82, 2.24) is 35.5 Å². The molecule has 0 radical (unpaired) electrons. The fourth-order valence-electron chi connectivity index (χ4n) is 8.80. The van der Waals surface area contributed by atoms with Crippen LogP contribution in [0, 0.1) is 11.3 Å². The molecule has 4 N–H and O–H groups in total. The largest absolute Gasteiger partial charge is 0.508 e. The van der Waals surface area contributed by atoms with Crippen LogP contribution in [0.2, 0.25) is 0 Å². The Kier molecular flexibility index (Phi) is 13.0. The number of nitrogens with zero attached hydrogens (tertiary/aromatic N) is 4. The number of hydrogen-bond donors (Lipinski definition) is 4. The van der Waals surface area contributed by atoms with E-state index in [0.29, 0.717) is 57.6 Å². The Hall–Kier alpha value is -5.51. The minimum atomic E-state index is -1.14. The number of amides is 3. The second-order valence-electron chi connectivity index (χ2n) is 17.6. The van der Waals surface area contributed by atoms with Gasteiger partial charge in [0.2, 0.25) is 5.91 Å². The molecule has 7 rings (SSSR count). The number of aromatic hydroxyl groups is 1. The molecule has 15 nitrogen and oxygen atoms in total. The first-order valence-electron chi connectivity index (χ1n) is 21.3. The molecule has 3 amide bonds. The molecule has 61 heavy (non-hydrogen) atoms. The summed E-state index contributed by atoms with van der Waals surface area (Å²) in [6.45, 7) is 12.5. The Bertz CT molecular complexity index is 2280. The Balaban J connectivity index is 1.33. The number of phenols is 1. The van der Waals surface area contributed by atoms with Gasteiger partial charge in [-0.25, -0.2) is 10.2 Å². The van der Waals surface area contributed by atoms with E-state index >= 15 is 0 Å². The number of benzene rings is 2. The topological polar surface area (TPSA) is 177 Å². The van der Waals surface area contributed by atoms with Gasteiger partial charge in [-0.1, -0.05) is 39.8 Å². The maximum absolute atomic E-state index is 14.6. The number of carbonyl (C=O) groups excluding carboxylic acids is 4. The summed E-state index contributed by atoms with van der Waals surface area (Å²) in [6, 6.07) is 10.5. The number of aryl methyl sites for hydroxylation is 1. The SMILES string of the molecule is CCn1c(-c2cnccc2COC)c2c3cc(ccc31)-c1cc(O)cc(c1)C[C@H](NC(=O)[C@H](C(C)C)N(C)C(=O)OC1CNC1)C(=O)N1CCC[C@H](N1)C(=O)OCC(C)(C)C2. The third-order valence-electron chi connectivity index (χ3n) is 11.9. The van der Waals surface area contributed by atoms with Crippen molar-refractivity contribution < 1.29 is 38.5 Å². The minimum Gasteiger partial charge on any atom is -0.508 e. The van der Waals surface area contributed by atoms with E-state index in [9.17, 15) is 24.3 Å². The number of phenolic OH excluding ortho intramolecular Hbond substituents is 1. The fraction of sp³-hybridized carbons (Fsp3) is 0.500. The van der Waals surface area contributed by atoms with E-state index in [0.717, 1.165) is 44.4 Å². The number of hydrazine groups is 1. The summed E-state index contributed by atoms with van der Waals surface area (Å²) in [5.74, 6) is -1.80. The molecular formula is C46H59N7O8. The van der Waals surface area contributed by atoms with Crippen LogP contribution in [0.5, 0.6) is 5.75 Å². The number of nitrogens with one attached hydrogen (secondary N) is 3. The lowest BCUT2D eigenvalue weighted by molar-refractivity contribution is -0.155. The number of ether oxygens (including phenoxy) is 3. The smallest absolute Gasteiger partial charge is 0.410 e. The van der Waals surface area contributed by atoms with Crippen molar-refractivity contribution in [2.45, 2.75) is 97.7 Å². The maximum Gasteiger partial charge on any atom is 0.410 e. The number of carbonyl (C=O) groups is 4. The van der Waals surface area contributed by atoms with E-state index in [2.05, 4.69) is 58.5 Å². The Morgan fingerprint density at radius 3 is 2.61 bits per heavy atom. The lowest BCUT2D eigenvalue weighted by Gasteiger charge is -2.37. The summed E-state index contributed by atoms with van der Waals surface area (Å²) in [7, 11) is 3.19. The number of fused-ring (bicyclic) bond motifs is 6. The second kappa shape index (κ2) is 18.2. The van der Waals surface area contributed by atoms with E-state index in [1.54, 1.807) is 25.4 Å². The van der Waals surface area contributed by atoms with Gasteiger partial charge in [0.15, 0.2) is 0 Å². The standard InChI is InChI=1S/C46H59N7O8/c1-8-52-39-12-11-29-20-34(39)35(41(52)36-24-47-14-13-30(36)25-59-7)21-46(4,5)26-60-44(57)37-10-9-15-53(50-37)43(56)38(18-28-16-31(29)19-32(54)17-28)49-42(55)40(27(2)3)51(6)45(58)61-33-22-48-23-33/h11-14,16-17,19-20,24,27,33,37-38,40,48,50,54H,8-10,15,18,21-23,25-26H2,1-7H3,(H,49,55)/t37-,38-,40-/m0/s1. The number of pyridine rings is 1. The van der Waals surface area contributed by atoms with Crippen LogP contribution in [-0.2, 0) is 54.6 Å². The lowest BCUT2D eigenvalue weighted by Crippen LogP contribution is -2.62. The van der Waals surface area contributed by atoms with Crippen LogP contribution in [-0.4, -0.2) is 113 Å². The number of methoxy groups -OCH3 is 1. The maximum atomic E-state index is 14.6. The molecule has 2 fully saturated rings. The molecule has 0 saturated carbocycles. The summed E-state index contributed by atoms with van der Waals surface area (Å²) >= 11 is 0. The van der Waals surface area contributed by atoms with Crippen LogP contribution in [0.25, 0.3) is 33.3 Å². The quantitative estimate of drug-likeness (QED) is 0.168. The molecule has 0 unspecified atom stereocenters. The van der Waals surface area contributed by atoms with Crippen LogP contribution >= 0.6 is 0 Å². The normalized spacial score (nSPS) is 20.1. The Morgan fingerprint density at radius 1 is 1.11 bits per heavy atom. The molecule has 3 aliphatic rings. The van der Waals surface area contributed by atoms with Crippen LogP contribution < -0.4 is 16.1 Å². The molecule has 3 atom stereocenters. The first kappa shape index (κ1) is 43.6. The van der Waals surface area contributed by atoms with Gasteiger partial charge in [0.1, 0.15) is 30.0 Å². The first-order chi connectivity index (χ1) is 29.2. The van der Waals surface area contributed by atoms with Crippen molar-refractivity contribution in [2.24, 2.45) is 11.3 Å². The van der Waals surface area contributed by atoms with Crippen LogP contribution in [0.15, 0.2) is 54.9 Å². The number of likely N-dealkylation sites (N-methyl/N-ethyl adjacent to an activating group) is 1. The van der Waals surface area contributed by atoms with Gasteiger partial charge in [0.05, 0.1) is 18.9 Å². The van der Waals surface area contributed by atoms with Crippen molar-refractivity contribution in [3.05, 3.63) is 71.5 Å². The molecule has 0 spiro atoms. The van der Waals surface area contributed by atoms with Crippen molar-refractivity contribution in [2.75, 3.05) is 40.4 Å². The molecule has 2 aromatic heterocycles. The zero-order valence-corrected chi connectivity index (χ0v) is 36.2. The molecule has 2 saturated heterocycles. The highest BCUT2D eigenvalue weighted by Crippen LogP contribution is 2.41. The van der Waals surface area contributed by atoms with Crippen molar-refractivity contribution >= 4 is 34.8 Å². The van der Waals surface area contributed by atoms with Crippen molar-refractivity contribution in [1.29, 1.82) is 0 Å². The van der Waals surface area contributed by atoms with Gasteiger partial charge < -0.3 is 34.5 Å². The van der Waals surface area contributed by atoms with Crippen molar-refractivity contribution in [3.63, 3.8) is 0 Å². The third-order valence-corrected chi connectivity index (χ3v) is 11.9. The zero-order chi connectivity index (χ0) is 43.6. The molecule has 3 aliphatic heterocycles. The molecule has 5 heterocycles. The van der Waals surface area contributed by atoms with Crippen LogP contribution in [0.1, 0.15) is 64.2 Å². The Morgan fingerprint density at radius 2 is 1.90 bits per heavy atom. The summed E-state index contributed by atoms with van der Waals surface area (Å²) in [6.07, 6.45) is 4.28. The third kappa shape index (κ3) is 9.38. The minimum absolute atomic E-state index is 0.000746. The molecule has 326 valence electrons. The van der Waals surface area contributed by atoms with Gasteiger partial charge in [-0.3, -0.25) is 29.3 Å². The fourth-order valence-corrected chi connectivity index (χ4v) is 8.80. The average molecular weight is 838 g/mol. The number of aromatic nitrogens is 2. The summed E-state index contributed by atoms with van der Waals surface area (Å²) < 4.78 is 19.6. The van der Waals surface area contributed by atoms with Gasteiger partial charge in [0, 0.05) is 81.0 Å². The van der Waals surface area contributed by atoms with Gasteiger partial charge >= 0.3 is 12.1 Å². The molecule has 2 aromatic carbocycles. The van der Waals surface area contributed by atoms with Crippen LogP contribution in [0.3, 0.4) is 0 Å². The molecular weight excluding hydrogens is 779 g/mol. The van der Waals surface area contributed by atoms with E-state index in [4.69, 9.17) is 14.2 Å². The predicted octanol–water partition coefficient (Wildman–Crippen LogP) is 4.96. The molecule has 4 aromatic rings. The zero-order valence-electron chi connectivity index (χ0n) is 36.2.